The summed E-state index contributed by atoms with van der Waals surface area (Å²) in [6.07, 6.45) is 0. The topological polar surface area (TPSA) is 0 Å². The van der Waals surface area contributed by atoms with Crippen LogP contribution in [-0.4, -0.2) is 0 Å². The molecule has 0 saturated carbocycles. The molecule has 0 bridgehead atoms. The van der Waals surface area contributed by atoms with Crippen LogP contribution < -0.4 is 0 Å². The first-order valence-corrected chi connectivity index (χ1v) is 18.8. The van der Waals surface area contributed by atoms with Crippen LogP contribution in [0.4, 0.5) is 0 Å². The molecule has 0 nitrogen and oxygen atoms in total. The van der Waals surface area contributed by atoms with Gasteiger partial charge in [0.25, 0.3) is 0 Å². The lowest BCUT2D eigenvalue weighted by Gasteiger charge is -2.32. The second-order valence-electron chi connectivity index (χ2n) is 11.1. The highest BCUT2D eigenvalue weighted by atomic mass is 79.9. The molecule has 0 heterocycles. The van der Waals surface area contributed by atoms with E-state index in [0.29, 0.717) is 30.1 Å². The quantitative estimate of drug-likeness (QED) is 0.115. The molecule has 0 amide bonds. The SMILES string of the molecule is CC(c1ccc(-c2cc(Cl)c(Cl)c(Br)c2)cc1)(c1ccc(-c2cc(Cl)c(Cl)c(Br)c2)cc1)c1ccc(-c2cc(Cl)c(Cl)c(Br)c2)cc1. The van der Waals surface area contributed by atoms with Gasteiger partial charge in [-0.2, -0.15) is 0 Å². The molecule has 0 saturated heterocycles. The van der Waals surface area contributed by atoms with Gasteiger partial charge in [-0.25, -0.2) is 0 Å². The third-order valence-electron chi connectivity index (χ3n) is 8.34. The molecule has 0 spiro atoms. The molecule has 0 aromatic heterocycles. The van der Waals surface area contributed by atoms with Crippen LogP contribution in [0.3, 0.4) is 0 Å². The molecule has 0 unspecified atom stereocenters. The highest BCUT2D eigenvalue weighted by Crippen LogP contribution is 2.43. The van der Waals surface area contributed by atoms with Crippen molar-refractivity contribution >= 4 is 117 Å². The zero-order valence-electron chi connectivity index (χ0n) is 24.3. The zero-order valence-corrected chi connectivity index (χ0v) is 33.6. The monoisotopic (exact) mass is 924 g/mol. The fraction of sp³-hybridized carbons (Fsp3) is 0.0526. The molecular formula is C38H21Br3Cl6. The van der Waals surface area contributed by atoms with Crippen molar-refractivity contribution in [3.05, 3.63) is 169 Å². The molecule has 236 valence electrons. The van der Waals surface area contributed by atoms with Crippen LogP contribution in [0.5, 0.6) is 0 Å². The Morgan fingerprint density at radius 2 is 0.596 bits per heavy atom. The molecule has 9 heteroatoms. The van der Waals surface area contributed by atoms with Gasteiger partial charge < -0.3 is 0 Å². The van der Waals surface area contributed by atoms with E-state index in [4.69, 9.17) is 69.6 Å². The van der Waals surface area contributed by atoms with Gasteiger partial charge in [-0.1, -0.05) is 142 Å². The van der Waals surface area contributed by atoms with E-state index in [0.717, 1.165) is 63.5 Å². The Bertz CT molecular complexity index is 1810. The second-order valence-corrected chi connectivity index (χ2v) is 16.0. The first-order valence-electron chi connectivity index (χ1n) is 14.1. The summed E-state index contributed by atoms with van der Waals surface area (Å²) < 4.78 is 2.25. The molecule has 0 fully saturated rings. The Labute approximate surface area is 329 Å². The first-order chi connectivity index (χ1) is 22.4. The van der Waals surface area contributed by atoms with Crippen molar-refractivity contribution in [2.24, 2.45) is 0 Å². The molecule has 0 N–H and O–H groups in total. The van der Waals surface area contributed by atoms with Crippen LogP contribution in [0.1, 0.15) is 23.6 Å². The predicted molar refractivity (Wildman–Crippen MR) is 214 cm³/mol. The number of hydrogen-bond acceptors (Lipinski definition) is 0. The number of hydrogen-bond donors (Lipinski definition) is 0. The van der Waals surface area contributed by atoms with Crippen LogP contribution in [0, 0.1) is 0 Å². The van der Waals surface area contributed by atoms with Gasteiger partial charge in [-0.05, 0) is 141 Å². The normalized spacial score (nSPS) is 11.6. The van der Waals surface area contributed by atoms with Crippen molar-refractivity contribution in [1.82, 2.24) is 0 Å². The van der Waals surface area contributed by atoms with Crippen LogP contribution in [0.2, 0.25) is 30.1 Å². The summed E-state index contributed by atoms with van der Waals surface area (Å²) in [7, 11) is 0. The minimum Gasteiger partial charge on any atom is -0.0826 e. The first kappa shape index (κ1) is 35.3. The van der Waals surface area contributed by atoms with Crippen LogP contribution in [0.25, 0.3) is 33.4 Å². The van der Waals surface area contributed by atoms with E-state index >= 15 is 0 Å². The fourth-order valence-corrected chi connectivity index (χ4v) is 8.36. The maximum atomic E-state index is 6.40. The van der Waals surface area contributed by atoms with Gasteiger partial charge in [0.05, 0.1) is 30.1 Å². The Balaban J connectivity index is 1.44. The summed E-state index contributed by atoms with van der Waals surface area (Å²) in [6.45, 7) is 2.24. The van der Waals surface area contributed by atoms with Crippen molar-refractivity contribution in [3.8, 4) is 33.4 Å². The van der Waals surface area contributed by atoms with E-state index in [1.165, 1.54) is 0 Å². The summed E-state index contributed by atoms with van der Waals surface area (Å²) in [6, 6.07) is 37.2. The fourth-order valence-electron chi connectivity index (χ4n) is 5.65. The highest BCUT2D eigenvalue weighted by molar-refractivity contribution is 9.11. The van der Waals surface area contributed by atoms with Crippen LogP contribution in [-0.2, 0) is 5.41 Å². The molecule has 0 atom stereocenters. The number of halogens is 9. The molecule has 6 rings (SSSR count). The largest absolute Gasteiger partial charge is 0.0826 e. The molecule has 0 aliphatic heterocycles. The minimum atomic E-state index is -0.510. The van der Waals surface area contributed by atoms with E-state index in [1.54, 1.807) is 0 Å². The Kier molecular flexibility index (Phi) is 10.8. The lowest BCUT2D eigenvalue weighted by Crippen LogP contribution is -2.25. The number of benzene rings is 6. The van der Waals surface area contributed by atoms with Gasteiger partial charge in [0, 0.05) is 18.8 Å². The average molecular weight is 930 g/mol. The molecular weight excluding hydrogens is 909 g/mol. The lowest BCUT2D eigenvalue weighted by atomic mass is 9.70. The third-order valence-corrected chi connectivity index (χ3v) is 13.3. The zero-order chi connectivity index (χ0) is 33.6. The summed E-state index contributed by atoms with van der Waals surface area (Å²) in [5.74, 6) is 0. The molecule has 0 aliphatic rings. The third kappa shape index (κ3) is 7.09. The molecule has 0 radical (unpaired) electrons. The van der Waals surface area contributed by atoms with Gasteiger partial charge in [-0.15, -0.1) is 0 Å². The van der Waals surface area contributed by atoms with Crippen LogP contribution >= 0.6 is 117 Å². The summed E-state index contributed by atoms with van der Waals surface area (Å²) in [5.41, 5.74) is 8.83. The highest BCUT2D eigenvalue weighted by Gasteiger charge is 2.31. The Morgan fingerprint density at radius 1 is 0.362 bits per heavy atom. The molecule has 0 aliphatic carbocycles. The summed E-state index contributed by atoms with van der Waals surface area (Å²) >= 11 is 48.6. The Hall–Kier alpha value is -1.50. The smallest absolute Gasteiger partial charge is 0.0734 e. The maximum absolute atomic E-state index is 6.40. The van der Waals surface area contributed by atoms with E-state index in [-0.39, 0.29) is 0 Å². The summed E-state index contributed by atoms with van der Waals surface area (Å²) in [5, 5.41) is 2.96. The van der Waals surface area contributed by atoms with Gasteiger partial charge in [0.15, 0.2) is 0 Å². The van der Waals surface area contributed by atoms with Crippen molar-refractivity contribution in [3.63, 3.8) is 0 Å². The maximum Gasteiger partial charge on any atom is 0.0734 e. The van der Waals surface area contributed by atoms with Crippen molar-refractivity contribution in [2.75, 3.05) is 0 Å². The molecule has 6 aromatic rings. The van der Waals surface area contributed by atoms with E-state index in [9.17, 15) is 0 Å². The summed E-state index contributed by atoms with van der Waals surface area (Å²) in [4.78, 5) is 0. The number of rotatable bonds is 6. The predicted octanol–water partition coefficient (Wildman–Crippen LogP) is 16.2. The average Bonchev–Trinajstić information content (AvgIpc) is 3.07. The minimum absolute atomic E-state index is 0.493. The van der Waals surface area contributed by atoms with Crippen molar-refractivity contribution in [2.45, 2.75) is 12.3 Å². The van der Waals surface area contributed by atoms with Crippen molar-refractivity contribution in [1.29, 1.82) is 0 Å². The van der Waals surface area contributed by atoms with Gasteiger partial charge in [0.1, 0.15) is 0 Å². The van der Waals surface area contributed by atoms with E-state index in [1.807, 2.05) is 36.4 Å². The van der Waals surface area contributed by atoms with Crippen molar-refractivity contribution < 1.29 is 0 Å². The standard InChI is InChI=1S/C38H21Br3Cl6/c1-38(26-8-2-20(3-9-26)23-14-29(39)35(45)32(42)17-23,27-10-4-21(5-11-27)24-15-30(40)36(46)33(43)18-24)28-12-6-22(7-13-28)25-16-31(41)37(47)34(44)19-25/h2-19H,1H3. The van der Waals surface area contributed by atoms with E-state index in [2.05, 4.69) is 128 Å². The van der Waals surface area contributed by atoms with Gasteiger partial charge in [0.2, 0.25) is 0 Å². The van der Waals surface area contributed by atoms with Crippen LogP contribution in [0.15, 0.2) is 123 Å². The van der Waals surface area contributed by atoms with Gasteiger partial charge >= 0.3 is 0 Å². The second kappa shape index (κ2) is 14.4. The van der Waals surface area contributed by atoms with E-state index < -0.39 is 5.41 Å². The Morgan fingerprint density at radius 3 is 0.809 bits per heavy atom. The van der Waals surface area contributed by atoms with Gasteiger partial charge in [-0.3, -0.25) is 0 Å². The lowest BCUT2D eigenvalue weighted by molar-refractivity contribution is 0.693. The molecule has 6 aromatic carbocycles. The molecule has 47 heavy (non-hydrogen) atoms.